The topological polar surface area (TPSA) is 216 Å². The number of unbranched alkanes of at least 4 members (excludes halogenated alkanes) is 2. The third kappa shape index (κ3) is 9.22. The molecule has 2 atom stereocenters. The summed E-state index contributed by atoms with van der Waals surface area (Å²) in [5, 5.41) is 15.5. The largest absolute Gasteiger partial charge is 0.508 e. The SMILES string of the molecule is NC(N)=NCCCCNC(=O)C=Cc1ccc2c(c1)[C@@H](C(=O)NCCCCN=C(N)N)[C@@H](c1ccc(O)cc1)O2. The summed E-state index contributed by atoms with van der Waals surface area (Å²) < 4.78 is 6.20. The van der Waals surface area contributed by atoms with Crippen LogP contribution in [0, 0.1) is 0 Å². The van der Waals surface area contributed by atoms with Crippen molar-refractivity contribution in [2.75, 3.05) is 26.2 Å². The molecule has 0 bridgehead atoms. The molecule has 2 amide bonds. The fourth-order valence-corrected chi connectivity index (χ4v) is 4.25. The molecule has 0 unspecified atom stereocenters. The van der Waals surface area contributed by atoms with Crippen LogP contribution in [0.15, 0.2) is 58.5 Å². The first-order chi connectivity index (χ1) is 19.2. The molecule has 0 spiro atoms. The summed E-state index contributed by atoms with van der Waals surface area (Å²) in [5.74, 6) is -0.213. The Morgan fingerprint density at radius 3 is 2.12 bits per heavy atom. The second-order valence-electron chi connectivity index (χ2n) is 9.35. The highest BCUT2D eigenvalue weighted by Gasteiger charge is 2.40. The lowest BCUT2D eigenvalue weighted by Crippen LogP contribution is -2.32. The lowest BCUT2D eigenvalue weighted by molar-refractivity contribution is -0.124. The molecule has 1 aliphatic rings. The van der Waals surface area contributed by atoms with Gasteiger partial charge in [-0.3, -0.25) is 19.6 Å². The van der Waals surface area contributed by atoms with Crippen LogP contribution in [-0.4, -0.2) is 55.0 Å². The monoisotopic (exact) mass is 550 g/mol. The van der Waals surface area contributed by atoms with Crippen LogP contribution >= 0.6 is 0 Å². The lowest BCUT2D eigenvalue weighted by Gasteiger charge is -2.19. The molecule has 2 aromatic carbocycles. The van der Waals surface area contributed by atoms with Crippen molar-refractivity contribution in [1.29, 1.82) is 0 Å². The quantitative estimate of drug-likeness (QED) is 0.0776. The minimum atomic E-state index is -0.621. The maximum absolute atomic E-state index is 13.4. The van der Waals surface area contributed by atoms with Crippen LogP contribution in [0.2, 0.25) is 0 Å². The van der Waals surface area contributed by atoms with Crippen LogP contribution < -0.4 is 38.3 Å². The van der Waals surface area contributed by atoms with Crippen molar-refractivity contribution in [1.82, 2.24) is 10.6 Å². The molecule has 0 saturated heterocycles. The van der Waals surface area contributed by atoms with Crippen molar-refractivity contribution < 1.29 is 19.4 Å². The number of ether oxygens (including phenoxy) is 1. The van der Waals surface area contributed by atoms with Crippen LogP contribution in [-0.2, 0) is 9.59 Å². The third-order valence-electron chi connectivity index (χ3n) is 6.21. The molecule has 3 rings (SSSR count). The van der Waals surface area contributed by atoms with Gasteiger partial charge in [-0.25, -0.2) is 0 Å². The van der Waals surface area contributed by atoms with E-state index in [0.717, 1.165) is 36.0 Å². The molecule has 11 N–H and O–H groups in total. The average molecular weight is 551 g/mol. The molecular formula is C28H38N8O4. The smallest absolute Gasteiger partial charge is 0.243 e. The molecule has 0 aliphatic carbocycles. The molecule has 0 radical (unpaired) electrons. The normalized spacial score (nSPS) is 15.6. The number of nitrogens with two attached hydrogens (primary N) is 4. The van der Waals surface area contributed by atoms with Crippen molar-refractivity contribution in [2.45, 2.75) is 37.7 Å². The average Bonchev–Trinajstić information content (AvgIpc) is 3.30. The number of benzene rings is 2. The highest BCUT2D eigenvalue weighted by molar-refractivity contribution is 5.92. The Morgan fingerprint density at radius 1 is 0.875 bits per heavy atom. The van der Waals surface area contributed by atoms with Crippen LogP contribution in [0.1, 0.15) is 54.4 Å². The predicted octanol–water partition coefficient (Wildman–Crippen LogP) is 0.962. The Morgan fingerprint density at radius 2 is 1.50 bits per heavy atom. The molecule has 1 heterocycles. The van der Waals surface area contributed by atoms with Gasteiger partial charge in [0.1, 0.15) is 23.5 Å². The number of rotatable bonds is 14. The Hall–Kier alpha value is -4.74. The summed E-state index contributed by atoms with van der Waals surface area (Å²) in [7, 11) is 0. The first-order valence-corrected chi connectivity index (χ1v) is 13.2. The van der Waals surface area contributed by atoms with Crippen molar-refractivity contribution in [3.8, 4) is 11.5 Å². The zero-order valence-corrected chi connectivity index (χ0v) is 22.4. The summed E-state index contributed by atoms with van der Waals surface area (Å²) in [6.45, 7) is 1.97. The van der Waals surface area contributed by atoms with Gasteiger partial charge in [0.15, 0.2) is 11.9 Å². The Kier molecular flexibility index (Phi) is 11.2. The van der Waals surface area contributed by atoms with Gasteiger partial charge in [-0.2, -0.15) is 0 Å². The minimum Gasteiger partial charge on any atom is -0.508 e. The third-order valence-corrected chi connectivity index (χ3v) is 6.21. The molecule has 0 aromatic heterocycles. The number of phenolic OH excluding ortho intramolecular Hbond substituents is 1. The van der Waals surface area contributed by atoms with Crippen molar-refractivity contribution in [2.24, 2.45) is 32.9 Å². The Bertz CT molecular complexity index is 1240. The van der Waals surface area contributed by atoms with Gasteiger partial charge in [0, 0.05) is 37.8 Å². The Labute approximate surface area is 233 Å². The number of carbonyl (C=O) groups excluding carboxylic acids is 2. The van der Waals surface area contributed by atoms with Crippen molar-refractivity contribution >= 4 is 29.8 Å². The van der Waals surface area contributed by atoms with Crippen LogP contribution in [0.3, 0.4) is 0 Å². The van der Waals surface area contributed by atoms with E-state index in [4.69, 9.17) is 27.7 Å². The number of nitrogens with one attached hydrogen (secondary N) is 2. The van der Waals surface area contributed by atoms with E-state index in [1.54, 1.807) is 36.4 Å². The number of aliphatic imine (C=N–C) groups is 2. The van der Waals surface area contributed by atoms with E-state index in [-0.39, 0.29) is 29.5 Å². The van der Waals surface area contributed by atoms with E-state index in [2.05, 4.69) is 20.6 Å². The molecule has 214 valence electrons. The number of hydrogen-bond acceptors (Lipinski definition) is 6. The first kappa shape index (κ1) is 29.8. The van der Waals surface area contributed by atoms with Gasteiger partial charge in [0.05, 0.1) is 0 Å². The molecule has 2 aromatic rings. The van der Waals surface area contributed by atoms with Crippen LogP contribution in [0.25, 0.3) is 6.08 Å². The number of fused-ring (bicyclic) bond motifs is 1. The lowest BCUT2D eigenvalue weighted by atomic mass is 9.89. The number of carbonyl (C=O) groups is 2. The highest BCUT2D eigenvalue weighted by Crippen LogP contribution is 2.46. The number of amides is 2. The number of guanidine groups is 2. The van der Waals surface area contributed by atoms with E-state index >= 15 is 0 Å². The van der Waals surface area contributed by atoms with Gasteiger partial charge in [-0.1, -0.05) is 18.2 Å². The standard InChI is InChI=1S/C28H38N8O4/c29-27(30)35-15-3-1-13-33-23(38)12-6-18-5-11-22-21(17-18)24(25(40-22)19-7-9-20(37)10-8-19)26(39)34-14-2-4-16-36-28(31)32/h5-12,17,24-25,37H,1-4,13-16H2,(H,33,38)(H,34,39)(H4,29,30,35)(H4,31,32,36)/t24-,25-/m1/s1. The van der Waals surface area contributed by atoms with E-state index in [0.29, 0.717) is 38.3 Å². The van der Waals surface area contributed by atoms with E-state index in [1.807, 2.05) is 12.1 Å². The Balaban J connectivity index is 1.67. The summed E-state index contributed by atoms with van der Waals surface area (Å²) in [4.78, 5) is 33.5. The first-order valence-electron chi connectivity index (χ1n) is 13.2. The predicted molar refractivity (Wildman–Crippen MR) is 156 cm³/mol. The molecule has 12 heteroatoms. The van der Waals surface area contributed by atoms with Gasteiger partial charge in [0.2, 0.25) is 11.8 Å². The van der Waals surface area contributed by atoms with Gasteiger partial charge in [0.25, 0.3) is 0 Å². The molecular weight excluding hydrogens is 512 g/mol. The number of nitrogens with zero attached hydrogens (tertiary/aromatic N) is 2. The zero-order chi connectivity index (χ0) is 28.9. The molecule has 1 aliphatic heterocycles. The maximum atomic E-state index is 13.4. The molecule has 12 nitrogen and oxygen atoms in total. The summed E-state index contributed by atoms with van der Waals surface area (Å²) in [5.41, 5.74) is 23.5. The minimum absolute atomic E-state index is 0.0438. The molecule has 0 fully saturated rings. The van der Waals surface area contributed by atoms with Gasteiger partial charge >= 0.3 is 0 Å². The summed E-state index contributed by atoms with van der Waals surface area (Å²) in [6.07, 6.45) is 5.52. The second-order valence-corrected chi connectivity index (χ2v) is 9.35. The molecule has 0 saturated carbocycles. The van der Waals surface area contributed by atoms with Crippen molar-refractivity contribution in [3.05, 3.63) is 65.2 Å². The second kappa shape index (κ2) is 15.0. The van der Waals surface area contributed by atoms with Crippen LogP contribution in [0.4, 0.5) is 0 Å². The van der Waals surface area contributed by atoms with E-state index in [1.165, 1.54) is 6.08 Å². The number of hydrogen-bond donors (Lipinski definition) is 7. The van der Waals surface area contributed by atoms with Gasteiger partial charge in [-0.15, -0.1) is 0 Å². The fraction of sp³-hybridized carbons (Fsp3) is 0.357. The maximum Gasteiger partial charge on any atom is 0.243 e. The fourth-order valence-electron chi connectivity index (χ4n) is 4.25. The van der Waals surface area contributed by atoms with E-state index in [9.17, 15) is 14.7 Å². The number of phenols is 1. The van der Waals surface area contributed by atoms with Gasteiger partial charge < -0.3 is 43.4 Å². The summed E-state index contributed by atoms with van der Waals surface area (Å²) >= 11 is 0. The zero-order valence-electron chi connectivity index (χ0n) is 22.4. The highest BCUT2D eigenvalue weighted by atomic mass is 16.5. The van der Waals surface area contributed by atoms with Crippen molar-refractivity contribution in [3.63, 3.8) is 0 Å². The van der Waals surface area contributed by atoms with Gasteiger partial charge in [-0.05, 0) is 67.2 Å². The van der Waals surface area contributed by atoms with Crippen LogP contribution in [0.5, 0.6) is 11.5 Å². The summed E-state index contributed by atoms with van der Waals surface area (Å²) in [6, 6.07) is 12.1. The van der Waals surface area contributed by atoms with E-state index < -0.39 is 12.0 Å². The molecule has 40 heavy (non-hydrogen) atoms. The number of aromatic hydroxyl groups is 1.